The van der Waals surface area contributed by atoms with Crippen molar-refractivity contribution >= 4 is 21.7 Å². The molecule has 0 aliphatic carbocycles. The molecule has 0 aliphatic rings. The summed E-state index contributed by atoms with van der Waals surface area (Å²) in [5, 5.41) is 14.3. The molecule has 2 heterocycles. The molecule has 0 spiro atoms. The summed E-state index contributed by atoms with van der Waals surface area (Å²) in [6, 6.07) is 4.89. The predicted molar refractivity (Wildman–Crippen MR) is 60.5 cm³/mol. The van der Waals surface area contributed by atoms with Crippen LogP contribution in [0.2, 0.25) is 0 Å². The third-order valence-electron chi connectivity index (χ3n) is 2.00. The van der Waals surface area contributed by atoms with E-state index in [0.717, 1.165) is 10.2 Å². The molecule has 0 amide bonds. The highest BCUT2D eigenvalue weighted by Gasteiger charge is 2.13. The summed E-state index contributed by atoms with van der Waals surface area (Å²) in [6.07, 6.45) is 1.51. The van der Waals surface area contributed by atoms with E-state index in [2.05, 4.69) is 26.0 Å². The monoisotopic (exact) mass is 282 g/mol. The average molecular weight is 283 g/mol. The van der Waals surface area contributed by atoms with Crippen molar-refractivity contribution in [2.24, 2.45) is 0 Å². The third-order valence-corrected chi connectivity index (χ3v) is 2.84. The molecule has 2 aromatic heterocycles. The highest BCUT2D eigenvalue weighted by Crippen LogP contribution is 2.16. The van der Waals surface area contributed by atoms with E-state index in [0.29, 0.717) is 5.82 Å². The fourth-order valence-electron chi connectivity index (χ4n) is 1.20. The number of aromatic nitrogens is 3. The van der Waals surface area contributed by atoms with Crippen LogP contribution in [0.1, 0.15) is 5.69 Å². The van der Waals surface area contributed by atoms with Crippen molar-refractivity contribution in [2.45, 2.75) is 6.92 Å². The first-order valence-electron chi connectivity index (χ1n) is 4.41. The second kappa shape index (κ2) is 4.01. The Hall–Kier alpha value is -1.76. The molecule has 82 valence electrons. The first-order chi connectivity index (χ1) is 7.58. The molecule has 0 aliphatic heterocycles. The van der Waals surface area contributed by atoms with Gasteiger partial charge in [-0.3, -0.25) is 0 Å². The minimum Gasteiger partial charge on any atom is -0.358 e. The number of aryl methyl sites for hydroxylation is 1. The topological polar surface area (TPSA) is 73.8 Å². The molecule has 6 nitrogen and oxygen atoms in total. The molecule has 16 heavy (non-hydrogen) atoms. The van der Waals surface area contributed by atoms with Crippen LogP contribution < -0.4 is 0 Å². The van der Waals surface area contributed by atoms with E-state index in [1.54, 1.807) is 6.07 Å². The minimum atomic E-state index is -0.539. The van der Waals surface area contributed by atoms with Gasteiger partial charge in [0.25, 0.3) is 0 Å². The van der Waals surface area contributed by atoms with Gasteiger partial charge in [0, 0.05) is 4.47 Å². The lowest BCUT2D eigenvalue weighted by Crippen LogP contribution is -2.00. The first-order valence-corrected chi connectivity index (χ1v) is 5.21. The molecule has 0 N–H and O–H groups in total. The van der Waals surface area contributed by atoms with E-state index in [9.17, 15) is 10.1 Å². The molecule has 0 radical (unpaired) electrons. The van der Waals surface area contributed by atoms with Gasteiger partial charge < -0.3 is 10.1 Å². The molecule has 0 unspecified atom stereocenters. The van der Waals surface area contributed by atoms with Crippen LogP contribution in [0.3, 0.4) is 0 Å². The first kappa shape index (κ1) is 10.7. The molecule has 7 heteroatoms. The standard InChI is InChI=1S/C9H7BrN4O2/c1-6-7(10)2-3-8(11-6)13-5-4-9(12-13)14(15)16/h2-5H,1H3. The van der Waals surface area contributed by atoms with Crippen LogP contribution in [0.15, 0.2) is 28.9 Å². The van der Waals surface area contributed by atoms with Crippen LogP contribution in [0.4, 0.5) is 5.82 Å². The Balaban J connectivity index is 2.42. The molecule has 0 saturated heterocycles. The Kier molecular flexibility index (Phi) is 2.69. The number of hydrogen-bond acceptors (Lipinski definition) is 4. The van der Waals surface area contributed by atoms with Crippen molar-refractivity contribution < 1.29 is 4.92 Å². The Bertz CT molecular complexity index is 552. The Morgan fingerprint density at radius 3 is 2.75 bits per heavy atom. The fraction of sp³-hybridized carbons (Fsp3) is 0.111. The highest BCUT2D eigenvalue weighted by atomic mass is 79.9. The quantitative estimate of drug-likeness (QED) is 0.625. The highest BCUT2D eigenvalue weighted by molar-refractivity contribution is 9.10. The van der Waals surface area contributed by atoms with E-state index >= 15 is 0 Å². The zero-order valence-electron chi connectivity index (χ0n) is 8.29. The predicted octanol–water partition coefficient (Wildman–Crippen LogP) is 2.25. The number of nitro groups is 1. The van der Waals surface area contributed by atoms with Crippen molar-refractivity contribution in [1.29, 1.82) is 0 Å². The Labute approximate surface area is 99.2 Å². The van der Waals surface area contributed by atoms with Crippen molar-refractivity contribution in [2.75, 3.05) is 0 Å². The summed E-state index contributed by atoms with van der Waals surface area (Å²) in [7, 11) is 0. The number of hydrogen-bond donors (Lipinski definition) is 0. The fourth-order valence-corrected chi connectivity index (χ4v) is 1.42. The Morgan fingerprint density at radius 2 is 2.19 bits per heavy atom. The third kappa shape index (κ3) is 1.94. The minimum absolute atomic E-state index is 0.192. The largest absolute Gasteiger partial charge is 0.390 e. The number of halogens is 1. The zero-order valence-corrected chi connectivity index (χ0v) is 9.88. The molecule has 2 rings (SSSR count). The number of rotatable bonds is 2. The normalized spacial score (nSPS) is 10.4. The van der Waals surface area contributed by atoms with Gasteiger partial charge in [-0.05, 0) is 39.9 Å². The molecule has 0 fully saturated rings. The molecule has 0 atom stereocenters. The maximum absolute atomic E-state index is 10.5. The Morgan fingerprint density at radius 1 is 1.44 bits per heavy atom. The summed E-state index contributed by atoms with van der Waals surface area (Å²) in [5.41, 5.74) is 0.802. The molecule has 0 bridgehead atoms. The van der Waals surface area contributed by atoms with Crippen LogP contribution in [0, 0.1) is 17.0 Å². The van der Waals surface area contributed by atoms with E-state index < -0.39 is 4.92 Å². The average Bonchev–Trinajstić information content (AvgIpc) is 2.71. The van der Waals surface area contributed by atoms with Crippen LogP contribution in [-0.4, -0.2) is 19.7 Å². The van der Waals surface area contributed by atoms with Crippen molar-refractivity contribution in [3.05, 3.63) is 44.7 Å². The second-order valence-corrected chi connectivity index (χ2v) is 3.97. The lowest BCUT2D eigenvalue weighted by atomic mass is 10.4. The van der Waals surface area contributed by atoms with Gasteiger partial charge in [0.1, 0.15) is 0 Å². The van der Waals surface area contributed by atoms with Gasteiger partial charge >= 0.3 is 5.82 Å². The second-order valence-electron chi connectivity index (χ2n) is 3.11. The maximum atomic E-state index is 10.5. The summed E-state index contributed by atoms with van der Waals surface area (Å²) in [6.45, 7) is 1.84. The van der Waals surface area contributed by atoms with E-state index in [1.807, 2.05) is 13.0 Å². The SMILES string of the molecule is Cc1nc(-n2ccc([N+](=O)[O-])n2)ccc1Br. The maximum Gasteiger partial charge on any atom is 0.390 e. The lowest BCUT2D eigenvalue weighted by molar-refractivity contribution is -0.389. The van der Waals surface area contributed by atoms with Gasteiger partial charge in [-0.1, -0.05) is 0 Å². The summed E-state index contributed by atoms with van der Waals surface area (Å²) in [5.74, 6) is 0.358. The summed E-state index contributed by atoms with van der Waals surface area (Å²) in [4.78, 5) is 14.2. The zero-order chi connectivity index (χ0) is 11.7. The van der Waals surface area contributed by atoms with E-state index in [-0.39, 0.29) is 5.82 Å². The van der Waals surface area contributed by atoms with Crippen LogP contribution in [0.25, 0.3) is 5.82 Å². The molecule has 0 saturated carbocycles. The van der Waals surface area contributed by atoms with Crippen molar-refractivity contribution in [1.82, 2.24) is 14.8 Å². The van der Waals surface area contributed by atoms with E-state index in [1.165, 1.54) is 16.9 Å². The van der Waals surface area contributed by atoms with Gasteiger partial charge in [0.15, 0.2) is 5.82 Å². The molecular formula is C9H7BrN4O2. The summed E-state index contributed by atoms with van der Waals surface area (Å²) < 4.78 is 2.26. The summed E-state index contributed by atoms with van der Waals surface area (Å²) >= 11 is 3.33. The number of pyridine rings is 1. The smallest absolute Gasteiger partial charge is 0.358 e. The van der Waals surface area contributed by atoms with E-state index in [4.69, 9.17) is 0 Å². The lowest BCUT2D eigenvalue weighted by Gasteiger charge is -1.99. The molecule has 0 aromatic carbocycles. The van der Waals surface area contributed by atoms with Crippen molar-refractivity contribution in [3.63, 3.8) is 0 Å². The van der Waals surface area contributed by atoms with Gasteiger partial charge in [0.05, 0.1) is 23.1 Å². The number of nitrogens with zero attached hydrogens (tertiary/aromatic N) is 4. The van der Waals surface area contributed by atoms with Crippen LogP contribution in [0.5, 0.6) is 0 Å². The molecular weight excluding hydrogens is 276 g/mol. The van der Waals surface area contributed by atoms with Crippen molar-refractivity contribution in [3.8, 4) is 5.82 Å². The molecule has 2 aromatic rings. The van der Waals surface area contributed by atoms with Crippen LogP contribution in [-0.2, 0) is 0 Å². The van der Waals surface area contributed by atoms with Gasteiger partial charge in [-0.2, -0.15) is 0 Å². The van der Waals surface area contributed by atoms with Crippen LogP contribution >= 0.6 is 15.9 Å². The van der Waals surface area contributed by atoms with Gasteiger partial charge in [0.2, 0.25) is 0 Å². The van der Waals surface area contributed by atoms with Gasteiger partial charge in [-0.25, -0.2) is 4.98 Å². The van der Waals surface area contributed by atoms with Gasteiger partial charge in [-0.15, -0.1) is 4.68 Å².